The summed E-state index contributed by atoms with van der Waals surface area (Å²) < 4.78 is 8.67. The molecule has 16 nitrogen and oxygen atoms in total. The van der Waals surface area contributed by atoms with Gasteiger partial charge >= 0.3 is 5.97 Å². The van der Waals surface area contributed by atoms with Gasteiger partial charge in [-0.3, -0.25) is 33.4 Å². The molecule has 5 atom stereocenters. The number of ether oxygens (including phenoxy) is 1. The summed E-state index contributed by atoms with van der Waals surface area (Å²) in [6.07, 6.45) is 0.918. The number of carbonyl (C=O) groups excluding carboxylic acids is 4. The monoisotopic (exact) mass is 980 g/mol. The zero-order valence-corrected chi connectivity index (χ0v) is 42.2. The number of thiazole rings is 1. The van der Waals surface area contributed by atoms with Gasteiger partial charge in [0.1, 0.15) is 35.5 Å². The highest BCUT2D eigenvalue weighted by Gasteiger charge is 2.45. The summed E-state index contributed by atoms with van der Waals surface area (Å²) in [7, 11) is 1.36. The van der Waals surface area contributed by atoms with Crippen LogP contribution >= 0.6 is 22.7 Å². The molecule has 0 saturated carbocycles. The number of aryl methyl sites for hydroxylation is 3. The van der Waals surface area contributed by atoms with Crippen molar-refractivity contribution in [1.82, 2.24) is 45.1 Å². The van der Waals surface area contributed by atoms with E-state index in [4.69, 9.17) is 9.73 Å². The molecule has 362 valence electrons. The van der Waals surface area contributed by atoms with Gasteiger partial charge in [0.15, 0.2) is 5.82 Å². The van der Waals surface area contributed by atoms with Gasteiger partial charge in [-0.05, 0) is 73.9 Å². The Morgan fingerprint density at radius 2 is 1.64 bits per heavy atom. The van der Waals surface area contributed by atoms with Crippen LogP contribution in [0.3, 0.4) is 0 Å². The Balaban J connectivity index is 0.911. The van der Waals surface area contributed by atoms with Gasteiger partial charge in [-0.1, -0.05) is 81.4 Å². The number of aromatic nitrogens is 6. The minimum absolute atomic E-state index is 0.00767. The summed E-state index contributed by atoms with van der Waals surface area (Å²) in [5, 5.41) is 32.1. The van der Waals surface area contributed by atoms with Crippen LogP contribution in [0.4, 0.5) is 0 Å². The molecule has 1 fully saturated rings. The van der Waals surface area contributed by atoms with Crippen molar-refractivity contribution in [1.29, 1.82) is 0 Å². The molecule has 3 amide bonds. The molecule has 70 heavy (non-hydrogen) atoms. The summed E-state index contributed by atoms with van der Waals surface area (Å²) in [6, 6.07) is 19.0. The predicted molar refractivity (Wildman–Crippen MR) is 270 cm³/mol. The highest BCUT2D eigenvalue weighted by atomic mass is 32.1. The van der Waals surface area contributed by atoms with Crippen molar-refractivity contribution in [2.24, 2.45) is 10.4 Å². The van der Waals surface area contributed by atoms with Crippen LogP contribution in [0.2, 0.25) is 0 Å². The summed E-state index contributed by atoms with van der Waals surface area (Å²) in [5.41, 5.74) is 10.2. The number of benzene rings is 3. The van der Waals surface area contributed by atoms with Crippen LogP contribution in [0, 0.1) is 33.1 Å². The lowest BCUT2D eigenvalue weighted by molar-refractivity contribution is -0.144. The average Bonchev–Trinajstić information content (AvgIpc) is 4.17. The number of esters is 1. The quantitative estimate of drug-likeness (QED) is 0.103. The largest absolute Gasteiger partial charge is 0.469 e. The molecule has 18 heteroatoms. The number of amides is 3. The van der Waals surface area contributed by atoms with Crippen molar-refractivity contribution in [3.63, 3.8) is 0 Å². The summed E-state index contributed by atoms with van der Waals surface area (Å²) in [6.45, 7) is 15.3. The molecule has 0 radical (unpaired) electrons. The Bertz CT molecular complexity index is 3180. The molecule has 3 N–H and O–H groups in total. The van der Waals surface area contributed by atoms with Gasteiger partial charge in [0.05, 0.1) is 59.2 Å². The van der Waals surface area contributed by atoms with E-state index in [1.807, 2.05) is 118 Å². The van der Waals surface area contributed by atoms with E-state index in [1.54, 1.807) is 33.6 Å². The molecule has 6 heterocycles. The van der Waals surface area contributed by atoms with E-state index in [-0.39, 0.29) is 37.9 Å². The van der Waals surface area contributed by atoms with Gasteiger partial charge in [0.25, 0.3) is 0 Å². The fraction of sp³-hybridized carbons (Fsp3) is 0.365. The third-order valence-corrected chi connectivity index (χ3v) is 15.5. The Morgan fingerprint density at radius 3 is 2.33 bits per heavy atom. The van der Waals surface area contributed by atoms with Crippen LogP contribution in [-0.2, 0) is 30.5 Å². The van der Waals surface area contributed by atoms with Crippen molar-refractivity contribution in [2.45, 2.75) is 105 Å². The number of rotatable bonds is 12. The average molecular weight is 981 g/mol. The summed E-state index contributed by atoms with van der Waals surface area (Å²) in [5.74, 6) is -0.359. The Morgan fingerprint density at radius 1 is 0.929 bits per heavy atom. The number of fused-ring (bicyclic) bond motifs is 4. The molecule has 1 unspecified atom stereocenters. The van der Waals surface area contributed by atoms with E-state index in [0.717, 1.165) is 76.0 Å². The Labute approximate surface area is 413 Å². The lowest BCUT2D eigenvalue weighted by atomic mass is 9.85. The van der Waals surface area contributed by atoms with E-state index >= 15 is 0 Å². The molecule has 4 aromatic heterocycles. The molecule has 2 aliphatic rings. The van der Waals surface area contributed by atoms with Crippen molar-refractivity contribution in [2.75, 3.05) is 13.7 Å². The van der Waals surface area contributed by atoms with Gasteiger partial charge in [0, 0.05) is 34.4 Å². The maximum atomic E-state index is 14.4. The summed E-state index contributed by atoms with van der Waals surface area (Å²) >= 11 is 3.22. The van der Waals surface area contributed by atoms with Crippen LogP contribution in [0.1, 0.15) is 97.1 Å². The van der Waals surface area contributed by atoms with Crippen LogP contribution in [0.25, 0.3) is 37.5 Å². The first-order chi connectivity index (χ1) is 33.4. The smallest absolute Gasteiger partial charge is 0.308 e. The highest BCUT2D eigenvalue weighted by molar-refractivity contribution is 7.15. The van der Waals surface area contributed by atoms with Crippen LogP contribution in [0.5, 0.6) is 0 Å². The molecule has 0 bridgehead atoms. The first-order valence-electron chi connectivity index (χ1n) is 23.2. The second-order valence-electron chi connectivity index (χ2n) is 19.2. The van der Waals surface area contributed by atoms with E-state index in [9.17, 15) is 24.3 Å². The maximum Gasteiger partial charge on any atom is 0.308 e. The fourth-order valence-corrected chi connectivity index (χ4v) is 11.4. The molecule has 0 aliphatic carbocycles. The zero-order chi connectivity index (χ0) is 49.8. The number of methoxy groups -OCH3 is 1. The molecule has 1 saturated heterocycles. The minimum Gasteiger partial charge on any atom is -0.469 e. The van der Waals surface area contributed by atoms with Gasteiger partial charge in [-0.25, -0.2) is 4.98 Å². The number of nitrogens with zero attached hydrogens (tertiary/aromatic N) is 8. The second-order valence-corrected chi connectivity index (χ2v) is 21.2. The molecular formula is C52H56N10O6S2. The molecular weight excluding hydrogens is 925 g/mol. The molecule has 9 rings (SSSR count). The molecule has 0 spiro atoms. The van der Waals surface area contributed by atoms with Crippen LogP contribution < -0.4 is 10.6 Å². The number of aliphatic hydroxyl groups is 1. The third kappa shape index (κ3) is 9.18. The first kappa shape index (κ1) is 48.1. The number of aliphatic imine (C=N–C) groups is 1. The van der Waals surface area contributed by atoms with Crippen molar-refractivity contribution >= 4 is 63.0 Å². The van der Waals surface area contributed by atoms with Gasteiger partial charge in [-0.2, -0.15) is 5.10 Å². The number of hydrogen-bond donors (Lipinski definition) is 3. The third-order valence-electron chi connectivity index (χ3n) is 13.3. The van der Waals surface area contributed by atoms with Crippen LogP contribution in [0.15, 0.2) is 83.4 Å². The number of likely N-dealkylation sites (tertiary alicyclic amines) is 1. The SMILES string of the molecule is COC(=O)C[C@@H]1N=C(c2ccc(-c3cccc4c3cnn4CC(=O)NC(C(=O)N3C[C@H](O)C[C@H]3C(=O)N[C@@H](C)c3ccc(-c4scnc4C)cc3)C(C)(C)C)cc2)c2c(sc(C)c2C)-n2c(C)nnc21. The second kappa shape index (κ2) is 19.1. The van der Waals surface area contributed by atoms with E-state index in [0.29, 0.717) is 11.6 Å². The normalized spacial score (nSPS) is 17.6. The Kier molecular flexibility index (Phi) is 13.2. The van der Waals surface area contributed by atoms with Gasteiger partial charge in [-0.15, -0.1) is 32.9 Å². The lowest BCUT2D eigenvalue weighted by Gasteiger charge is -2.35. The molecule has 2 aliphatic heterocycles. The zero-order valence-electron chi connectivity index (χ0n) is 40.6. The summed E-state index contributed by atoms with van der Waals surface area (Å²) in [4.78, 5) is 68.1. The van der Waals surface area contributed by atoms with E-state index in [2.05, 4.69) is 44.8 Å². The van der Waals surface area contributed by atoms with Crippen molar-refractivity contribution in [3.05, 3.63) is 123 Å². The standard InChI is InChI=1S/C52H56N10O6S2/c1-27-30(4)70-51-44(27)45(56-39(22-43(65)68-9)48-59-58-31(5)62(48)51)34-17-15-33(16-18-34)37-11-10-12-40-38(37)23-54-61(40)25-42(64)57-47(52(6,7)8)50(67)60-24-36(63)21-41(60)49(66)55-28(2)32-13-19-35(20-14-32)46-29(3)53-26-69-46/h10-20,23,26,28,36,39,41,47,63H,21-22,24-25H2,1-9H3,(H,55,66)(H,57,64)/t28-,36+,39-,41-,47?/m0/s1. The number of carbonyl (C=O) groups is 4. The predicted octanol–water partition coefficient (Wildman–Crippen LogP) is 7.53. The van der Waals surface area contributed by atoms with E-state index in [1.165, 1.54) is 12.0 Å². The molecule has 3 aromatic carbocycles. The van der Waals surface area contributed by atoms with Gasteiger partial charge < -0.3 is 25.4 Å². The fourth-order valence-electron chi connectivity index (χ4n) is 9.41. The first-order valence-corrected chi connectivity index (χ1v) is 24.9. The maximum absolute atomic E-state index is 14.4. The van der Waals surface area contributed by atoms with Crippen molar-refractivity contribution < 1.29 is 29.0 Å². The number of aliphatic hydroxyl groups excluding tert-OH is 1. The molecule has 7 aromatic rings. The van der Waals surface area contributed by atoms with Gasteiger partial charge in [0.2, 0.25) is 17.7 Å². The lowest BCUT2D eigenvalue weighted by Crippen LogP contribution is -2.58. The van der Waals surface area contributed by atoms with Crippen LogP contribution in [-0.4, -0.2) is 101 Å². The highest BCUT2D eigenvalue weighted by Crippen LogP contribution is 2.40. The number of hydrogen-bond acceptors (Lipinski definition) is 13. The number of thiophene rings is 1. The minimum atomic E-state index is -1.01. The topological polar surface area (TPSA) is 199 Å². The van der Waals surface area contributed by atoms with E-state index < -0.39 is 47.4 Å². The van der Waals surface area contributed by atoms with Crippen molar-refractivity contribution in [3.8, 4) is 26.6 Å². The Hall–Kier alpha value is -6.89. The number of nitrogens with one attached hydrogen (secondary N) is 2. The number of β-amino-alcohol motifs (C(OH)–C–C–N with tert-alkyl or cyclic N) is 1.